The Hall–Kier alpha value is -2.83. The maximum atomic E-state index is 13.9. The molecule has 0 fully saturated rings. The fourth-order valence-electron chi connectivity index (χ4n) is 2.97. The second-order valence-electron chi connectivity index (χ2n) is 6.31. The zero-order chi connectivity index (χ0) is 19.4. The van der Waals surface area contributed by atoms with Crippen molar-refractivity contribution in [1.29, 1.82) is 0 Å². The fraction of sp³-hybridized carbons (Fsp3) is 0.300. The van der Waals surface area contributed by atoms with E-state index in [0.717, 1.165) is 12.1 Å². The van der Waals surface area contributed by atoms with Crippen molar-refractivity contribution in [2.75, 3.05) is 6.54 Å². The van der Waals surface area contributed by atoms with Gasteiger partial charge in [-0.05, 0) is 18.2 Å². The van der Waals surface area contributed by atoms with Crippen LogP contribution in [0, 0.1) is 17.5 Å². The number of hydrogen-bond acceptors (Lipinski definition) is 3. The van der Waals surface area contributed by atoms with Crippen LogP contribution in [0.3, 0.4) is 0 Å². The van der Waals surface area contributed by atoms with Crippen molar-refractivity contribution in [3.05, 3.63) is 71.0 Å². The number of oxime groups is 1. The summed E-state index contributed by atoms with van der Waals surface area (Å²) in [6.45, 7) is 2.03. The molecule has 1 atom stereocenters. The van der Waals surface area contributed by atoms with Gasteiger partial charge in [0.2, 0.25) is 5.91 Å². The largest absolute Gasteiger partial charge is 0.390 e. The molecule has 0 N–H and O–H groups in total. The molecule has 0 bridgehead atoms. The zero-order valence-corrected chi connectivity index (χ0v) is 14.8. The molecule has 142 valence electrons. The Morgan fingerprint density at radius 3 is 2.67 bits per heavy atom. The van der Waals surface area contributed by atoms with E-state index in [2.05, 4.69) is 5.16 Å². The van der Waals surface area contributed by atoms with E-state index >= 15 is 0 Å². The highest BCUT2D eigenvalue weighted by Gasteiger charge is 2.28. The molecule has 1 amide bonds. The average molecular weight is 376 g/mol. The lowest BCUT2D eigenvalue weighted by Gasteiger charge is -2.24. The first-order valence-corrected chi connectivity index (χ1v) is 8.67. The third-order valence-corrected chi connectivity index (χ3v) is 4.37. The van der Waals surface area contributed by atoms with Gasteiger partial charge in [0, 0.05) is 36.6 Å². The first-order chi connectivity index (χ1) is 13.0. The second-order valence-corrected chi connectivity index (χ2v) is 6.31. The fourth-order valence-corrected chi connectivity index (χ4v) is 2.97. The number of carbonyl (C=O) groups is 1. The Morgan fingerprint density at radius 1 is 1.19 bits per heavy atom. The molecule has 0 radical (unpaired) electrons. The smallest absolute Gasteiger partial charge is 0.222 e. The van der Waals surface area contributed by atoms with Crippen molar-refractivity contribution < 1.29 is 22.8 Å². The highest BCUT2D eigenvalue weighted by atomic mass is 19.1. The van der Waals surface area contributed by atoms with E-state index in [-0.39, 0.29) is 43.2 Å². The number of nitrogens with zero attached hydrogens (tertiary/aromatic N) is 2. The number of amides is 1. The van der Waals surface area contributed by atoms with Crippen molar-refractivity contribution in [3.63, 3.8) is 0 Å². The second kappa shape index (κ2) is 8.24. The third-order valence-electron chi connectivity index (χ3n) is 4.37. The Morgan fingerprint density at radius 2 is 1.96 bits per heavy atom. The molecule has 1 aliphatic rings. The standard InChI is InChI=1S/C20H19F3N2O2/c1-2-20(26)25(11-13-5-3-4-6-17(13)22)12-15-10-19(24-27-15)16-8-7-14(21)9-18(16)23/h3-9,15H,2,10-12H2,1H3/t15-/m0/s1. The lowest BCUT2D eigenvalue weighted by Crippen LogP contribution is -2.37. The minimum absolute atomic E-state index is 0.111. The van der Waals surface area contributed by atoms with Gasteiger partial charge < -0.3 is 9.74 Å². The van der Waals surface area contributed by atoms with E-state index in [1.54, 1.807) is 25.1 Å². The predicted molar refractivity (Wildman–Crippen MR) is 94.5 cm³/mol. The Bertz CT molecular complexity index is 870. The summed E-state index contributed by atoms with van der Waals surface area (Å²) in [4.78, 5) is 19.1. The molecule has 2 aromatic rings. The Kier molecular flexibility index (Phi) is 5.78. The van der Waals surface area contributed by atoms with Crippen LogP contribution in [0.25, 0.3) is 0 Å². The van der Waals surface area contributed by atoms with E-state index in [9.17, 15) is 18.0 Å². The highest BCUT2D eigenvalue weighted by Crippen LogP contribution is 2.21. The SMILES string of the molecule is CCC(=O)N(Cc1ccccc1F)C[C@@H]1CC(c2ccc(F)cc2F)=NO1. The van der Waals surface area contributed by atoms with Crippen LogP contribution in [-0.4, -0.2) is 29.2 Å². The van der Waals surface area contributed by atoms with Crippen LogP contribution < -0.4 is 0 Å². The summed E-state index contributed by atoms with van der Waals surface area (Å²) in [5.74, 6) is -1.92. The molecule has 0 saturated carbocycles. The summed E-state index contributed by atoms with van der Waals surface area (Å²) in [7, 11) is 0. The summed E-state index contributed by atoms with van der Waals surface area (Å²) >= 11 is 0. The van der Waals surface area contributed by atoms with Crippen molar-refractivity contribution in [3.8, 4) is 0 Å². The zero-order valence-electron chi connectivity index (χ0n) is 14.8. The molecule has 3 rings (SSSR count). The van der Waals surface area contributed by atoms with Crippen molar-refractivity contribution >= 4 is 11.6 Å². The molecule has 7 heteroatoms. The van der Waals surface area contributed by atoms with Gasteiger partial charge in [-0.2, -0.15) is 0 Å². The van der Waals surface area contributed by atoms with E-state index in [0.29, 0.717) is 11.3 Å². The first-order valence-electron chi connectivity index (χ1n) is 8.67. The molecule has 27 heavy (non-hydrogen) atoms. The molecule has 0 saturated heterocycles. The van der Waals surface area contributed by atoms with Crippen LogP contribution in [0.4, 0.5) is 13.2 Å². The normalized spacial score (nSPS) is 16.0. The van der Waals surface area contributed by atoms with Crippen molar-refractivity contribution in [1.82, 2.24) is 4.90 Å². The molecule has 1 heterocycles. The van der Waals surface area contributed by atoms with Gasteiger partial charge in [0.25, 0.3) is 0 Å². The average Bonchev–Trinajstić information content (AvgIpc) is 3.10. The molecule has 2 aromatic carbocycles. The van der Waals surface area contributed by atoms with E-state index < -0.39 is 17.7 Å². The van der Waals surface area contributed by atoms with Gasteiger partial charge in [0.05, 0.1) is 12.3 Å². The van der Waals surface area contributed by atoms with Crippen molar-refractivity contribution in [2.45, 2.75) is 32.4 Å². The van der Waals surface area contributed by atoms with Crippen LogP contribution in [0.2, 0.25) is 0 Å². The van der Waals surface area contributed by atoms with E-state index in [1.807, 2.05) is 0 Å². The molecule has 0 unspecified atom stereocenters. The highest BCUT2D eigenvalue weighted by molar-refractivity contribution is 6.01. The summed E-state index contributed by atoms with van der Waals surface area (Å²) in [6.07, 6.45) is 0.0566. The van der Waals surface area contributed by atoms with Crippen LogP contribution in [-0.2, 0) is 16.2 Å². The summed E-state index contributed by atoms with van der Waals surface area (Å²) < 4.78 is 40.9. The summed E-state index contributed by atoms with van der Waals surface area (Å²) in [5.41, 5.74) is 0.927. The molecular weight excluding hydrogens is 357 g/mol. The monoisotopic (exact) mass is 376 g/mol. The number of hydrogen-bond donors (Lipinski definition) is 0. The van der Waals surface area contributed by atoms with E-state index in [4.69, 9.17) is 4.84 Å². The van der Waals surface area contributed by atoms with Gasteiger partial charge >= 0.3 is 0 Å². The number of halogens is 3. The Balaban J connectivity index is 1.69. The van der Waals surface area contributed by atoms with Gasteiger partial charge in [-0.3, -0.25) is 4.79 Å². The molecule has 0 aliphatic carbocycles. The minimum atomic E-state index is -0.717. The lowest BCUT2D eigenvalue weighted by atomic mass is 10.0. The van der Waals surface area contributed by atoms with E-state index in [1.165, 1.54) is 17.0 Å². The topological polar surface area (TPSA) is 41.9 Å². The van der Waals surface area contributed by atoms with Gasteiger partial charge in [0.15, 0.2) is 6.10 Å². The van der Waals surface area contributed by atoms with Crippen LogP contribution >= 0.6 is 0 Å². The van der Waals surface area contributed by atoms with Gasteiger partial charge in [0.1, 0.15) is 17.5 Å². The van der Waals surface area contributed by atoms with Gasteiger partial charge in [-0.15, -0.1) is 0 Å². The summed E-state index contributed by atoms with van der Waals surface area (Å²) in [5, 5.41) is 3.88. The van der Waals surface area contributed by atoms with Crippen LogP contribution in [0.15, 0.2) is 47.6 Å². The van der Waals surface area contributed by atoms with Crippen molar-refractivity contribution in [2.24, 2.45) is 5.16 Å². The van der Waals surface area contributed by atoms with Gasteiger partial charge in [-0.25, -0.2) is 13.2 Å². The summed E-state index contributed by atoms with van der Waals surface area (Å²) in [6, 6.07) is 9.50. The predicted octanol–water partition coefficient (Wildman–Crippen LogP) is 4.04. The third kappa shape index (κ3) is 4.48. The molecule has 4 nitrogen and oxygen atoms in total. The maximum Gasteiger partial charge on any atom is 0.222 e. The maximum absolute atomic E-state index is 13.9. The van der Waals surface area contributed by atoms with Crippen LogP contribution in [0.5, 0.6) is 0 Å². The van der Waals surface area contributed by atoms with Crippen LogP contribution in [0.1, 0.15) is 30.9 Å². The minimum Gasteiger partial charge on any atom is -0.390 e. The molecule has 0 spiro atoms. The lowest BCUT2D eigenvalue weighted by molar-refractivity contribution is -0.133. The first kappa shape index (κ1) is 18.9. The van der Waals surface area contributed by atoms with Gasteiger partial charge in [-0.1, -0.05) is 30.3 Å². The molecular formula is C20H19F3N2O2. The number of benzene rings is 2. The molecule has 1 aliphatic heterocycles. The Labute approximate surface area is 155 Å². The number of rotatable bonds is 6. The molecule has 0 aromatic heterocycles. The number of carbonyl (C=O) groups excluding carboxylic acids is 1. The quantitative estimate of drug-likeness (QED) is 0.764.